The number of carbonyl (C=O) groups excluding carboxylic acids is 1. The van der Waals surface area contributed by atoms with Crippen LogP contribution in [0.5, 0.6) is 0 Å². The van der Waals surface area contributed by atoms with Crippen molar-refractivity contribution in [2.75, 3.05) is 13.7 Å². The van der Waals surface area contributed by atoms with Gasteiger partial charge in [-0.2, -0.15) is 0 Å². The summed E-state index contributed by atoms with van der Waals surface area (Å²) in [5, 5.41) is 3.36. The van der Waals surface area contributed by atoms with Crippen molar-refractivity contribution in [3.05, 3.63) is 35.6 Å². The second-order valence-electron chi connectivity index (χ2n) is 5.89. The van der Waals surface area contributed by atoms with Crippen molar-refractivity contribution in [1.82, 2.24) is 10.2 Å². The number of carbonyl (C=O) groups is 1. The number of methoxy groups -OCH3 is 1. The highest BCUT2D eigenvalue weighted by Gasteiger charge is 2.43. The minimum absolute atomic E-state index is 0.0474. The van der Waals surface area contributed by atoms with Gasteiger partial charge in [0.2, 0.25) is 5.91 Å². The SMILES string of the molecule is COCC(C)N1C(=O)C(C(C)C)NC1c1ccc(F)cc1. The molecule has 1 heterocycles. The number of amides is 1. The van der Waals surface area contributed by atoms with Gasteiger partial charge in [0.1, 0.15) is 12.0 Å². The van der Waals surface area contributed by atoms with Crippen molar-refractivity contribution in [2.24, 2.45) is 5.92 Å². The van der Waals surface area contributed by atoms with Gasteiger partial charge in [-0.15, -0.1) is 0 Å². The van der Waals surface area contributed by atoms with Crippen LogP contribution in [0.25, 0.3) is 0 Å². The second-order valence-corrected chi connectivity index (χ2v) is 5.89. The molecule has 1 aromatic rings. The lowest BCUT2D eigenvalue weighted by molar-refractivity contribution is -0.133. The third kappa shape index (κ3) is 3.24. The molecule has 1 saturated heterocycles. The van der Waals surface area contributed by atoms with Crippen LogP contribution in [0, 0.1) is 11.7 Å². The molecule has 1 amide bonds. The maximum absolute atomic E-state index is 13.1. The first-order valence-corrected chi connectivity index (χ1v) is 7.28. The fourth-order valence-corrected chi connectivity index (χ4v) is 2.78. The van der Waals surface area contributed by atoms with Crippen molar-refractivity contribution in [1.29, 1.82) is 0 Å². The lowest BCUT2D eigenvalue weighted by atomic mass is 10.0. The highest BCUT2D eigenvalue weighted by Crippen LogP contribution is 2.30. The molecule has 0 aromatic heterocycles. The van der Waals surface area contributed by atoms with Gasteiger partial charge in [0.25, 0.3) is 0 Å². The summed E-state index contributed by atoms with van der Waals surface area (Å²) in [4.78, 5) is 14.5. The maximum atomic E-state index is 13.1. The average Bonchev–Trinajstić information content (AvgIpc) is 2.77. The Bertz CT molecular complexity index is 490. The molecular formula is C16H23FN2O2. The Kier molecular flexibility index (Phi) is 4.96. The van der Waals surface area contributed by atoms with Gasteiger partial charge in [-0.25, -0.2) is 4.39 Å². The highest BCUT2D eigenvalue weighted by atomic mass is 19.1. The fraction of sp³-hybridized carbons (Fsp3) is 0.562. The van der Waals surface area contributed by atoms with E-state index in [1.54, 1.807) is 24.1 Å². The number of nitrogens with zero attached hydrogens (tertiary/aromatic N) is 1. The lowest BCUT2D eigenvalue weighted by Crippen LogP contribution is -2.41. The summed E-state index contributed by atoms with van der Waals surface area (Å²) in [6.45, 7) is 6.46. The van der Waals surface area contributed by atoms with Gasteiger partial charge in [0.05, 0.1) is 18.7 Å². The lowest BCUT2D eigenvalue weighted by Gasteiger charge is -2.30. The van der Waals surface area contributed by atoms with Crippen LogP contribution in [0.1, 0.15) is 32.5 Å². The number of rotatable bonds is 5. The molecule has 0 saturated carbocycles. The molecule has 3 unspecified atom stereocenters. The second kappa shape index (κ2) is 6.54. The largest absolute Gasteiger partial charge is 0.383 e. The van der Waals surface area contributed by atoms with E-state index in [2.05, 4.69) is 5.32 Å². The molecule has 1 aromatic carbocycles. The van der Waals surface area contributed by atoms with Gasteiger partial charge in [-0.1, -0.05) is 26.0 Å². The van der Waals surface area contributed by atoms with Crippen LogP contribution in [0.2, 0.25) is 0 Å². The van der Waals surface area contributed by atoms with Gasteiger partial charge >= 0.3 is 0 Å². The minimum Gasteiger partial charge on any atom is -0.383 e. The summed E-state index contributed by atoms with van der Waals surface area (Å²) in [5.41, 5.74) is 0.885. The van der Waals surface area contributed by atoms with Crippen LogP contribution in [0.15, 0.2) is 24.3 Å². The normalized spacial score (nSPS) is 23.9. The van der Waals surface area contributed by atoms with E-state index in [1.165, 1.54) is 12.1 Å². The van der Waals surface area contributed by atoms with Gasteiger partial charge in [-0.05, 0) is 30.5 Å². The van der Waals surface area contributed by atoms with Crippen LogP contribution in [0.4, 0.5) is 4.39 Å². The molecule has 5 heteroatoms. The molecule has 21 heavy (non-hydrogen) atoms. The summed E-state index contributed by atoms with van der Waals surface area (Å²) >= 11 is 0. The molecule has 0 bridgehead atoms. The molecule has 0 aliphatic carbocycles. The molecule has 116 valence electrons. The molecular weight excluding hydrogens is 271 g/mol. The van der Waals surface area contributed by atoms with Crippen molar-refractivity contribution in [3.63, 3.8) is 0 Å². The Morgan fingerprint density at radius 3 is 2.43 bits per heavy atom. The van der Waals surface area contributed by atoms with Crippen LogP contribution >= 0.6 is 0 Å². The average molecular weight is 294 g/mol. The molecule has 4 nitrogen and oxygen atoms in total. The van der Waals surface area contributed by atoms with E-state index in [1.807, 2.05) is 20.8 Å². The van der Waals surface area contributed by atoms with Gasteiger partial charge < -0.3 is 9.64 Å². The predicted molar refractivity (Wildman–Crippen MR) is 79.1 cm³/mol. The molecule has 1 aliphatic rings. The monoisotopic (exact) mass is 294 g/mol. The Hall–Kier alpha value is -1.46. The zero-order valence-electron chi connectivity index (χ0n) is 13.0. The minimum atomic E-state index is -0.278. The van der Waals surface area contributed by atoms with E-state index in [9.17, 15) is 9.18 Å². The van der Waals surface area contributed by atoms with Gasteiger partial charge in [-0.3, -0.25) is 10.1 Å². The summed E-state index contributed by atoms with van der Waals surface area (Å²) in [6, 6.07) is 6.01. The Morgan fingerprint density at radius 2 is 1.90 bits per heavy atom. The van der Waals surface area contributed by atoms with Crippen molar-refractivity contribution >= 4 is 5.91 Å². The van der Waals surface area contributed by atoms with E-state index in [4.69, 9.17) is 4.74 Å². The summed E-state index contributed by atoms with van der Waals surface area (Å²) < 4.78 is 18.3. The fourth-order valence-electron chi connectivity index (χ4n) is 2.78. The Labute approximate surface area is 125 Å². The molecule has 2 rings (SSSR count). The summed E-state index contributed by atoms with van der Waals surface area (Å²) in [7, 11) is 1.62. The van der Waals surface area contributed by atoms with Crippen molar-refractivity contribution < 1.29 is 13.9 Å². The molecule has 1 fully saturated rings. The van der Waals surface area contributed by atoms with E-state index in [-0.39, 0.29) is 35.9 Å². The molecule has 3 atom stereocenters. The zero-order valence-corrected chi connectivity index (χ0v) is 13.0. The highest BCUT2D eigenvalue weighted by molar-refractivity contribution is 5.85. The number of nitrogens with one attached hydrogen (secondary N) is 1. The number of ether oxygens (including phenoxy) is 1. The molecule has 1 aliphatic heterocycles. The molecule has 1 N–H and O–H groups in total. The van der Waals surface area contributed by atoms with Crippen LogP contribution < -0.4 is 5.32 Å². The topological polar surface area (TPSA) is 41.6 Å². The summed E-state index contributed by atoms with van der Waals surface area (Å²) in [5.74, 6) is -0.0101. The van der Waals surface area contributed by atoms with Crippen LogP contribution in [-0.2, 0) is 9.53 Å². The number of benzene rings is 1. The predicted octanol–water partition coefficient (Wildman–Crippen LogP) is 2.32. The van der Waals surface area contributed by atoms with Crippen molar-refractivity contribution in [3.8, 4) is 0 Å². The quantitative estimate of drug-likeness (QED) is 0.906. The van der Waals surface area contributed by atoms with Crippen molar-refractivity contribution in [2.45, 2.75) is 39.0 Å². The smallest absolute Gasteiger partial charge is 0.241 e. The van der Waals surface area contributed by atoms with E-state index in [0.717, 1.165) is 5.56 Å². The number of hydrogen-bond acceptors (Lipinski definition) is 3. The maximum Gasteiger partial charge on any atom is 0.241 e. The Balaban J connectivity index is 2.31. The first-order valence-electron chi connectivity index (χ1n) is 7.28. The third-order valence-electron chi connectivity index (χ3n) is 3.87. The van der Waals surface area contributed by atoms with Crippen LogP contribution in [0.3, 0.4) is 0 Å². The molecule has 0 spiro atoms. The van der Waals surface area contributed by atoms with E-state index in [0.29, 0.717) is 6.61 Å². The number of hydrogen-bond donors (Lipinski definition) is 1. The van der Waals surface area contributed by atoms with Crippen LogP contribution in [-0.4, -0.2) is 36.6 Å². The van der Waals surface area contributed by atoms with Gasteiger partial charge in [0.15, 0.2) is 0 Å². The third-order valence-corrected chi connectivity index (χ3v) is 3.87. The standard InChI is InChI=1S/C16H23FN2O2/c1-10(2)14-16(20)19(11(3)9-21-4)15(18-14)12-5-7-13(17)8-6-12/h5-8,10-11,14-15,18H,9H2,1-4H3. The number of halogens is 1. The van der Waals surface area contributed by atoms with Gasteiger partial charge in [0, 0.05) is 7.11 Å². The van der Waals surface area contributed by atoms with E-state index < -0.39 is 0 Å². The summed E-state index contributed by atoms with van der Waals surface area (Å²) in [6.07, 6.45) is -0.240. The first-order chi connectivity index (χ1) is 9.95. The Morgan fingerprint density at radius 1 is 1.29 bits per heavy atom. The molecule has 0 radical (unpaired) electrons. The van der Waals surface area contributed by atoms with E-state index >= 15 is 0 Å². The first kappa shape index (κ1) is 15.9. The zero-order chi connectivity index (χ0) is 15.6.